The summed E-state index contributed by atoms with van der Waals surface area (Å²) in [6.45, 7) is 4.24. The molecule has 0 saturated heterocycles. The average molecular weight is 513 g/mol. The van der Waals surface area contributed by atoms with Gasteiger partial charge in [-0.15, -0.1) is 0 Å². The summed E-state index contributed by atoms with van der Waals surface area (Å²) in [5, 5.41) is 0. The lowest BCUT2D eigenvalue weighted by molar-refractivity contribution is -0.115. The topological polar surface area (TPSA) is 111 Å². The number of hydrogen-bond donors (Lipinski definition) is 1. The zero-order valence-electron chi connectivity index (χ0n) is 19.6. The molecular weight excluding hydrogens is 479 g/mol. The predicted molar refractivity (Wildman–Crippen MR) is 130 cm³/mol. The molecule has 34 heavy (non-hydrogen) atoms. The third-order valence-electron chi connectivity index (χ3n) is 4.74. The van der Waals surface area contributed by atoms with Gasteiger partial charge in [0.2, 0.25) is 16.4 Å². The number of hydrogen-bond acceptors (Lipinski definition) is 7. The second kappa shape index (κ2) is 14.2. The summed E-state index contributed by atoms with van der Waals surface area (Å²) < 4.78 is 57.3. The number of carbonyl (C=O) groups is 1. The van der Waals surface area contributed by atoms with Crippen molar-refractivity contribution in [1.82, 2.24) is 9.39 Å². The number of nitrogens with one attached hydrogen (secondary N) is 1. The Morgan fingerprint density at radius 2 is 1.47 bits per heavy atom. The first-order chi connectivity index (χ1) is 16.3. The van der Waals surface area contributed by atoms with E-state index in [4.69, 9.17) is 13.8 Å². The summed E-state index contributed by atoms with van der Waals surface area (Å²) in [5.41, 5.74) is 0. The van der Waals surface area contributed by atoms with E-state index in [1.807, 2.05) is 30.3 Å². The van der Waals surface area contributed by atoms with Crippen LogP contribution in [0.1, 0.15) is 39.5 Å². The van der Waals surface area contributed by atoms with Crippen LogP contribution in [-0.2, 0) is 28.4 Å². The van der Waals surface area contributed by atoms with Gasteiger partial charge >= 0.3 is 7.75 Å². The minimum atomic E-state index is -3.62. The third-order valence-corrected chi connectivity index (χ3v) is 8.31. The van der Waals surface area contributed by atoms with Gasteiger partial charge in [0, 0.05) is 13.1 Å². The lowest BCUT2D eigenvalue weighted by Crippen LogP contribution is -2.25. The maximum Gasteiger partial charge on any atom is 0.437 e. The van der Waals surface area contributed by atoms with E-state index in [1.165, 1.54) is 12.1 Å². The fourth-order valence-electron chi connectivity index (χ4n) is 3.10. The highest BCUT2D eigenvalue weighted by molar-refractivity contribution is 7.89. The number of sulfonamides is 1. The Labute approximate surface area is 202 Å². The number of amides is 1. The maximum atomic E-state index is 12.6. The molecule has 2 rings (SSSR count). The molecule has 0 unspecified atom stereocenters. The van der Waals surface area contributed by atoms with E-state index in [9.17, 15) is 17.8 Å². The molecule has 11 heteroatoms. The Bertz CT molecular complexity index is 1010. The Morgan fingerprint density at radius 1 is 0.882 bits per heavy atom. The molecule has 2 aromatic carbocycles. The molecule has 1 N–H and O–H groups in total. The maximum absolute atomic E-state index is 12.6. The monoisotopic (exact) mass is 512 g/mol. The van der Waals surface area contributed by atoms with E-state index in [-0.39, 0.29) is 24.7 Å². The van der Waals surface area contributed by atoms with Gasteiger partial charge in [0.15, 0.2) is 0 Å². The number of unbranched alkanes of at least 4 members (excludes halogenated alkanes) is 3. The summed E-state index contributed by atoms with van der Waals surface area (Å²) in [6, 6.07) is 15.5. The molecule has 0 bridgehead atoms. The third kappa shape index (κ3) is 8.85. The highest BCUT2D eigenvalue weighted by Crippen LogP contribution is 2.51. The summed E-state index contributed by atoms with van der Waals surface area (Å²) in [6.07, 6.45) is 3.18. The van der Waals surface area contributed by atoms with Crippen molar-refractivity contribution in [2.24, 2.45) is 0 Å². The van der Waals surface area contributed by atoms with Crippen molar-refractivity contribution in [2.45, 2.75) is 44.4 Å². The van der Waals surface area contributed by atoms with E-state index in [1.54, 1.807) is 26.0 Å². The average Bonchev–Trinajstić information content (AvgIpc) is 2.82. The van der Waals surface area contributed by atoms with Crippen LogP contribution in [0.5, 0.6) is 11.5 Å². The van der Waals surface area contributed by atoms with Gasteiger partial charge in [-0.1, -0.05) is 31.0 Å². The van der Waals surface area contributed by atoms with Crippen LogP contribution < -0.4 is 9.46 Å². The highest BCUT2D eigenvalue weighted by Gasteiger charge is 2.31. The highest BCUT2D eigenvalue weighted by atomic mass is 32.2. The number of ether oxygens (including phenoxy) is 1. The molecule has 0 heterocycles. The van der Waals surface area contributed by atoms with Crippen molar-refractivity contribution in [3.05, 3.63) is 54.6 Å². The zero-order chi connectivity index (χ0) is 24.9. The molecule has 1 amide bonds. The second-order valence-corrected chi connectivity index (χ2v) is 11.0. The van der Waals surface area contributed by atoms with Crippen molar-refractivity contribution in [3.63, 3.8) is 0 Å². The van der Waals surface area contributed by atoms with Crippen molar-refractivity contribution >= 4 is 24.2 Å². The molecular formula is C23H33N2O7PS. The van der Waals surface area contributed by atoms with Crippen LogP contribution in [0.4, 0.5) is 0 Å². The van der Waals surface area contributed by atoms with Crippen LogP contribution >= 0.6 is 7.75 Å². The molecule has 0 spiro atoms. The number of benzene rings is 2. The van der Waals surface area contributed by atoms with Gasteiger partial charge in [0.25, 0.3) is 0 Å². The predicted octanol–water partition coefficient (Wildman–Crippen LogP) is 4.96. The fraction of sp³-hybridized carbons (Fsp3) is 0.435. The minimum Gasteiger partial charge on any atom is -0.457 e. The van der Waals surface area contributed by atoms with E-state index in [0.717, 1.165) is 17.5 Å². The van der Waals surface area contributed by atoms with Crippen molar-refractivity contribution < 1.29 is 31.6 Å². The smallest absolute Gasteiger partial charge is 0.437 e. The van der Waals surface area contributed by atoms with Gasteiger partial charge < -0.3 is 4.74 Å². The molecule has 0 fully saturated rings. The molecule has 0 aliphatic heterocycles. The quantitative estimate of drug-likeness (QED) is 0.181. The molecule has 0 aliphatic rings. The van der Waals surface area contributed by atoms with Crippen molar-refractivity contribution in [2.75, 3.05) is 26.3 Å². The van der Waals surface area contributed by atoms with Crippen LogP contribution in [0.2, 0.25) is 0 Å². The van der Waals surface area contributed by atoms with Gasteiger partial charge in [0.1, 0.15) is 11.5 Å². The summed E-state index contributed by atoms with van der Waals surface area (Å²) in [5.74, 6) is 1.22. The lowest BCUT2D eigenvalue weighted by Gasteiger charge is -2.26. The van der Waals surface area contributed by atoms with E-state index in [0.29, 0.717) is 37.3 Å². The minimum absolute atomic E-state index is 0.164. The van der Waals surface area contributed by atoms with Crippen LogP contribution in [0.25, 0.3) is 0 Å². The fourth-order valence-corrected chi connectivity index (χ4v) is 5.70. The molecule has 0 aliphatic carbocycles. The van der Waals surface area contributed by atoms with E-state index < -0.39 is 17.8 Å². The van der Waals surface area contributed by atoms with Crippen LogP contribution in [-0.4, -0.2) is 45.8 Å². The Balaban J connectivity index is 1.72. The number of rotatable bonds is 17. The normalized spacial score (nSPS) is 11.8. The number of nitrogens with zero attached hydrogens (tertiary/aromatic N) is 1. The van der Waals surface area contributed by atoms with E-state index >= 15 is 0 Å². The summed E-state index contributed by atoms with van der Waals surface area (Å²) in [4.78, 5) is 11.5. The Kier molecular flexibility index (Phi) is 11.7. The van der Waals surface area contributed by atoms with Gasteiger partial charge in [0.05, 0.1) is 18.1 Å². The second-order valence-electron chi connectivity index (χ2n) is 7.27. The summed E-state index contributed by atoms with van der Waals surface area (Å²) in [7, 11) is -7.23. The molecule has 0 radical (unpaired) electrons. The van der Waals surface area contributed by atoms with Gasteiger partial charge in [-0.05, 0) is 63.1 Å². The van der Waals surface area contributed by atoms with Crippen LogP contribution in [0.15, 0.2) is 59.5 Å². The molecule has 0 saturated carbocycles. The van der Waals surface area contributed by atoms with Gasteiger partial charge in [-0.25, -0.2) is 17.7 Å². The largest absolute Gasteiger partial charge is 0.457 e. The first-order valence-electron chi connectivity index (χ1n) is 11.3. The zero-order valence-corrected chi connectivity index (χ0v) is 21.3. The van der Waals surface area contributed by atoms with E-state index in [2.05, 4.69) is 4.72 Å². The Morgan fingerprint density at radius 3 is 2.06 bits per heavy atom. The molecule has 9 nitrogen and oxygen atoms in total. The summed E-state index contributed by atoms with van der Waals surface area (Å²) >= 11 is 0. The van der Waals surface area contributed by atoms with Crippen molar-refractivity contribution in [1.29, 1.82) is 0 Å². The first kappa shape index (κ1) is 28.0. The van der Waals surface area contributed by atoms with Gasteiger partial charge in [-0.2, -0.15) is 0 Å². The molecule has 0 aromatic heterocycles. The van der Waals surface area contributed by atoms with Gasteiger partial charge in [-0.3, -0.25) is 18.5 Å². The number of carbonyl (C=O) groups excluding carboxylic acids is 1. The number of para-hydroxylation sites is 1. The SMILES string of the molecule is CCOP(=O)(OCC)N(C=O)CCCCCCNS(=O)(=O)c1ccc(Oc2ccccc2)cc1. The standard InChI is InChI=1S/C23H33N2O7PS/c1-3-30-33(27,31-4-2)25(20-26)19-11-6-5-10-18-24-34(28,29)23-16-14-22(15-17-23)32-21-12-8-7-9-13-21/h7-9,12-17,20,24H,3-6,10-11,18-19H2,1-2H3. The molecule has 188 valence electrons. The van der Waals surface area contributed by atoms with Crippen molar-refractivity contribution in [3.8, 4) is 11.5 Å². The Hall–Kier alpha value is -2.23. The molecule has 2 aromatic rings. The first-order valence-corrected chi connectivity index (χ1v) is 14.3. The van der Waals surface area contributed by atoms with Crippen LogP contribution in [0.3, 0.4) is 0 Å². The van der Waals surface area contributed by atoms with Crippen LogP contribution in [0, 0.1) is 0 Å². The molecule has 0 atom stereocenters. The lowest BCUT2D eigenvalue weighted by atomic mass is 10.2.